The van der Waals surface area contributed by atoms with Gasteiger partial charge in [0.2, 0.25) is 0 Å². The Kier molecular flexibility index (Phi) is 7.17. The van der Waals surface area contributed by atoms with Crippen molar-refractivity contribution in [2.75, 3.05) is 6.61 Å². The van der Waals surface area contributed by atoms with Gasteiger partial charge < -0.3 is 14.8 Å². The van der Waals surface area contributed by atoms with Gasteiger partial charge >= 0.3 is 5.97 Å². The van der Waals surface area contributed by atoms with Gasteiger partial charge in [-0.15, -0.1) is 0 Å². The molecule has 37 heavy (non-hydrogen) atoms. The minimum absolute atomic E-state index is 0.0392. The van der Waals surface area contributed by atoms with Gasteiger partial charge in [0.25, 0.3) is 0 Å². The Hall–Kier alpha value is -4.19. The number of rotatable bonds is 7. The van der Waals surface area contributed by atoms with Crippen LogP contribution in [-0.4, -0.2) is 34.2 Å². The van der Waals surface area contributed by atoms with E-state index in [4.69, 9.17) is 9.73 Å². The second-order valence-electron chi connectivity index (χ2n) is 9.40. The van der Waals surface area contributed by atoms with Crippen LogP contribution in [0.2, 0.25) is 0 Å². The number of nitrogens with one attached hydrogen (secondary N) is 1. The minimum Gasteiger partial charge on any atom is -0.494 e. The zero-order chi connectivity index (χ0) is 25.8. The lowest BCUT2D eigenvalue weighted by molar-refractivity contribution is 0.0526. The highest BCUT2D eigenvalue weighted by Gasteiger charge is 2.23. The van der Waals surface area contributed by atoms with Crippen molar-refractivity contribution in [3.05, 3.63) is 95.1 Å². The number of fused-ring (bicyclic) bond motifs is 1. The molecule has 5 rings (SSSR count). The molecule has 6 heteroatoms. The Labute approximate surface area is 216 Å². The summed E-state index contributed by atoms with van der Waals surface area (Å²) in [5, 5.41) is 11.7. The number of nitrogens with zero attached hydrogens (tertiary/aromatic N) is 1. The molecule has 6 nitrogen and oxygen atoms in total. The van der Waals surface area contributed by atoms with Gasteiger partial charge in [-0.25, -0.2) is 9.79 Å². The number of esters is 1. The normalized spacial score (nSPS) is 14.6. The Bertz CT molecular complexity index is 1450. The number of benzene rings is 3. The number of carbonyl (C=O) groups excluding carboxylic acids is 2. The van der Waals surface area contributed by atoms with Crippen molar-refractivity contribution in [2.24, 2.45) is 10.9 Å². The van der Waals surface area contributed by atoms with E-state index in [1.54, 1.807) is 25.1 Å². The first kappa shape index (κ1) is 24.5. The third-order valence-corrected chi connectivity index (χ3v) is 6.94. The van der Waals surface area contributed by atoms with Crippen molar-refractivity contribution in [3.63, 3.8) is 0 Å². The van der Waals surface area contributed by atoms with Crippen LogP contribution in [0.1, 0.15) is 70.9 Å². The van der Waals surface area contributed by atoms with E-state index in [9.17, 15) is 14.7 Å². The first-order chi connectivity index (χ1) is 18.0. The van der Waals surface area contributed by atoms with Crippen LogP contribution < -0.4 is 0 Å². The monoisotopic (exact) mass is 494 g/mol. The first-order valence-corrected chi connectivity index (χ1v) is 12.9. The van der Waals surface area contributed by atoms with Crippen molar-refractivity contribution >= 4 is 34.1 Å². The maximum absolute atomic E-state index is 12.9. The zero-order valence-corrected chi connectivity index (χ0v) is 20.9. The summed E-state index contributed by atoms with van der Waals surface area (Å²) in [6.07, 6.45) is 5.39. The summed E-state index contributed by atoms with van der Waals surface area (Å²) in [5.41, 5.74) is 4.35. The molecule has 4 aromatic rings. The molecule has 0 saturated heterocycles. The number of Topliss-reactive ketones (excluding diaryl/α,β-unsaturated/α-hetero) is 1. The van der Waals surface area contributed by atoms with Crippen molar-refractivity contribution in [2.45, 2.75) is 39.0 Å². The lowest BCUT2D eigenvalue weighted by atomic mass is 9.84. The molecule has 1 heterocycles. The van der Waals surface area contributed by atoms with Crippen LogP contribution in [0.4, 0.5) is 5.69 Å². The summed E-state index contributed by atoms with van der Waals surface area (Å²) < 4.78 is 5.11. The number of ketones is 1. The number of H-pyrrole nitrogens is 1. The van der Waals surface area contributed by atoms with Crippen molar-refractivity contribution in [1.82, 2.24) is 4.98 Å². The van der Waals surface area contributed by atoms with Gasteiger partial charge in [-0.05, 0) is 56.2 Å². The lowest BCUT2D eigenvalue weighted by Gasteiger charge is -2.20. The summed E-state index contributed by atoms with van der Waals surface area (Å²) in [6.45, 7) is 2.05. The number of aromatic nitrogens is 1. The molecular weight excluding hydrogens is 464 g/mol. The number of carbonyl (C=O) groups is 2. The molecule has 0 amide bonds. The topological polar surface area (TPSA) is 91.8 Å². The highest BCUT2D eigenvalue weighted by atomic mass is 16.5. The fourth-order valence-electron chi connectivity index (χ4n) is 5.06. The average Bonchev–Trinajstić information content (AvgIpc) is 3.27. The van der Waals surface area contributed by atoms with Crippen LogP contribution in [0, 0.1) is 5.92 Å². The predicted octanol–water partition coefficient (Wildman–Crippen LogP) is 6.98. The largest absolute Gasteiger partial charge is 0.494 e. The second kappa shape index (κ2) is 10.8. The van der Waals surface area contributed by atoms with E-state index >= 15 is 0 Å². The maximum atomic E-state index is 12.9. The molecule has 1 aromatic heterocycles. The molecule has 0 unspecified atom stereocenters. The van der Waals surface area contributed by atoms with Crippen LogP contribution >= 0.6 is 0 Å². The quantitative estimate of drug-likeness (QED) is 0.165. The number of ether oxygens (including phenoxy) is 1. The zero-order valence-electron chi connectivity index (χ0n) is 20.9. The summed E-state index contributed by atoms with van der Waals surface area (Å²) in [5.74, 6) is -0.126. The van der Waals surface area contributed by atoms with Crippen molar-refractivity contribution < 1.29 is 19.4 Å². The van der Waals surface area contributed by atoms with E-state index in [1.807, 2.05) is 54.6 Å². The van der Waals surface area contributed by atoms with E-state index in [0.717, 1.165) is 36.6 Å². The summed E-state index contributed by atoms with van der Waals surface area (Å²) in [4.78, 5) is 33.0. The molecule has 188 valence electrons. The van der Waals surface area contributed by atoms with Crippen LogP contribution in [0.15, 0.2) is 77.8 Å². The molecule has 1 aliphatic carbocycles. The average molecular weight is 495 g/mol. The highest BCUT2D eigenvalue weighted by Crippen LogP contribution is 2.33. The number of aliphatic imine (C=N–C) groups is 1. The highest BCUT2D eigenvalue weighted by molar-refractivity contribution is 6.22. The van der Waals surface area contributed by atoms with Gasteiger partial charge in [0.1, 0.15) is 0 Å². The molecule has 0 bridgehead atoms. The number of aromatic hydroxyl groups is 1. The van der Waals surface area contributed by atoms with E-state index in [1.165, 1.54) is 6.42 Å². The number of hydrogen-bond donors (Lipinski definition) is 2. The Morgan fingerprint density at radius 2 is 1.62 bits per heavy atom. The fourth-order valence-corrected chi connectivity index (χ4v) is 5.06. The van der Waals surface area contributed by atoms with E-state index in [-0.39, 0.29) is 24.2 Å². The standard InChI is InChI=1S/C31H30N2O4/c1-2-37-31(36)23-15-18-25-26(19-23)33-30(35)27(25)28(20-9-5-3-6-10-20)32-24-16-13-22(14-17-24)29(34)21-11-7-4-8-12-21/h3,5-6,9-10,13-19,21,33,35H,2,4,7-8,11-12H2,1H3. The molecule has 1 aliphatic rings. The van der Waals surface area contributed by atoms with Gasteiger partial charge in [0.15, 0.2) is 11.7 Å². The summed E-state index contributed by atoms with van der Waals surface area (Å²) in [6, 6.07) is 22.2. The summed E-state index contributed by atoms with van der Waals surface area (Å²) >= 11 is 0. The molecule has 0 radical (unpaired) electrons. The van der Waals surface area contributed by atoms with Crippen molar-refractivity contribution in [1.29, 1.82) is 0 Å². The molecule has 3 aromatic carbocycles. The maximum Gasteiger partial charge on any atom is 0.338 e. The number of aromatic amines is 1. The minimum atomic E-state index is -0.417. The fraction of sp³-hybridized carbons (Fsp3) is 0.258. The molecule has 1 saturated carbocycles. The third kappa shape index (κ3) is 5.19. The Morgan fingerprint density at radius 1 is 0.919 bits per heavy atom. The summed E-state index contributed by atoms with van der Waals surface area (Å²) in [7, 11) is 0. The van der Waals surface area contributed by atoms with Gasteiger partial charge in [0.05, 0.1) is 29.1 Å². The predicted molar refractivity (Wildman–Crippen MR) is 145 cm³/mol. The van der Waals surface area contributed by atoms with Crippen LogP contribution in [0.5, 0.6) is 5.88 Å². The number of hydrogen-bond acceptors (Lipinski definition) is 5. The smallest absolute Gasteiger partial charge is 0.338 e. The molecule has 0 spiro atoms. The van der Waals surface area contributed by atoms with E-state index in [0.29, 0.717) is 33.6 Å². The molecule has 0 atom stereocenters. The van der Waals surface area contributed by atoms with E-state index < -0.39 is 5.97 Å². The van der Waals surface area contributed by atoms with Crippen molar-refractivity contribution in [3.8, 4) is 5.88 Å². The van der Waals surface area contributed by atoms with Gasteiger partial charge in [-0.1, -0.05) is 55.7 Å². The van der Waals surface area contributed by atoms with Crippen LogP contribution in [0.25, 0.3) is 10.9 Å². The van der Waals surface area contributed by atoms with Gasteiger partial charge in [-0.2, -0.15) is 0 Å². The van der Waals surface area contributed by atoms with Crippen LogP contribution in [-0.2, 0) is 4.74 Å². The third-order valence-electron chi connectivity index (χ3n) is 6.94. The lowest BCUT2D eigenvalue weighted by Crippen LogP contribution is -2.17. The van der Waals surface area contributed by atoms with Gasteiger partial charge in [-0.3, -0.25) is 4.79 Å². The SMILES string of the molecule is CCOC(=O)c1ccc2c(C(=Nc3ccc(C(=O)C4CCCCC4)cc3)c3ccccc3)c(O)[nH]c2c1. The van der Waals surface area contributed by atoms with Gasteiger partial charge in [0, 0.05) is 27.9 Å². The first-order valence-electron chi connectivity index (χ1n) is 12.9. The Morgan fingerprint density at radius 3 is 2.32 bits per heavy atom. The molecular formula is C31H30N2O4. The Balaban J connectivity index is 1.54. The van der Waals surface area contributed by atoms with E-state index in [2.05, 4.69) is 4.98 Å². The molecule has 0 aliphatic heterocycles. The molecule has 2 N–H and O–H groups in total. The van der Waals surface area contributed by atoms with Crippen LogP contribution in [0.3, 0.4) is 0 Å². The molecule has 1 fully saturated rings. The second-order valence-corrected chi connectivity index (χ2v) is 9.40.